The van der Waals surface area contributed by atoms with Gasteiger partial charge in [0.25, 0.3) is 0 Å². The van der Waals surface area contributed by atoms with E-state index in [1.54, 1.807) is 6.20 Å². The van der Waals surface area contributed by atoms with E-state index < -0.39 is 0 Å². The highest BCUT2D eigenvalue weighted by Gasteiger charge is 2.35. The third-order valence-electron chi connectivity index (χ3n) is 2.95. The second-order valence-electron chi connectivity index (χ2n) is 3.92. The van der Waals surface area contributed by atoms with Crippen molar-refractivity contribution in [3.05, 3.63) is 18.5 Å². The van der Waals surface area contributed by atoms with Gasteiger partial charge in [-0.1, -0.05) is 6.92 Å². The predicted octanol–water partition coefficient (Wildman–Crippen LogP) is 0.00370. The Morgan fingerprint density at radius 1 is 1.67 bits per heavy atom. The Morgan fingerprint density at radius 2 is 2.40 bits per heavy atom. The molecule has 1 aliphatic rings. The quantitative estimate of drug-likeness (QED) is 0.757. The van der Waals surface area contributed by atoms with Crippen molar-refractivity contribution in [1.29, 1.82) is 0 Å². The number of aromatic nitrogens is 2. The number of primary amides is 1. The Bertz CT molecular complexity index is 329. The minimum absolute atomic E-state index is 0.114. The van der Waals surface area contributed by atoms with E-state index in [0.717, 1.165) is 19.5 Å². The van der Waals surface area contributed by atoms with Crippen LogP contribution in [0.2, 0.25) is 0 Å². The highest BCUT2D eigenvalue weighted by atomic mass is 16.1. The zero-order chi connectivity index (χ0) is 10.8. The van der Waals surface area contributed by atoms with E-state index in [9.17, 15) is 4.79 Å². The van der Waals surface area contributed by atoms with Gasteiger partial charge in [0.15, 0.2) is 0 Å². The monoisotopic (exact) mass is 208 g/mol. The third-order valence-corrected chi connectivity index (χ3v) is 2.95. The van der Waals surface area contributed by atoms with Gasteiger partial charge >= 0.3 is 0 Å². The SMILES string of the molecule is CC[C@H](C(N)=O)N1CC(n2cccn2)C1. The number of nitrogens with two attached hydrogens (primary N) is 1. The molecule has 2 rings (SSSR count). The minimum Gasteiger partial charge on any atom is -0.368 e. The summed E-state index contributed by atoms with van der Waals surface area (Å²) in [5, 5.41) is 4.18. The molecule has 5 heteroatoms. The fourth-order valence-electron chi connectivity index (χ4n) is 2.05. The van der Waals surface area contributed by atoms with Gasteiger partial charge in [-0.05, 0) is 12.5 Å². The Labute approximate surface area is 88.8 Å². The zero-order valence-corrected chi connectivity index (χ0v) is 8.84. The summed E-state index contributed by atoms with van der Waals surface area (Å²) in [6, 6.07) is 2.19. The first-order valence-corrected chi connectivity index (χ1v) is 5.25. The molecule has 0 saturated carbocycles. The smallest absolute Gasteiger partial charge is 0.234 e. The third kappa shape index (κ3) is 1.87. The fraction of sp³-hybridized carbons (Fsp3) is 0.600. The maximum atomic E-state index is 11.1. The molecule has 1 saturated heterocycles. The molecule has 0 spiro atoms. The molecule has 1 aliphatic heterocycles. The number of likely N-dealkylation sites (tertiary alicyclic amines) is 1. The van der Waals surface area contributed by atoms with Crippen molar-refractivity contribution in [2.24, 2.45) is 5.73 Å². The van der Waals surface area contributed by atoms with Gasteiger partial charge in [-0.15, -0.1) is 0 Å². The molecule has 1 atom stereocenters. The number of nitrogens with zero attached hydrogens (tertiary/aromatic N) is 3. The summed E-state index contributed by atoms with van der Waals surface area (Å²) in [5.41, 5.74) is 5.32. The second kappa shape index (κ2) is 4.02. The van der Waals surface area contributed by atoms with Gasteiger partial charge in [0.2, 0.25) is 5.91 Å². The Morgan fingerprint density at radius 3 is 2.87 bits per heavy atom. The molecule has 0 bridgehead atoms. The summed E-state index contributed by atoms with van der Waals surface area (Å²) in [6.45, 7) is 3.71. The van der Waals surface area contributed by atoms with Crippen molar-refractivity contribution in [2.75, 3.05) is 13.1 Å². The van der Waals surface area contributed by atoms with Gasteiger partial charge < -0.3 is 5.73 Å². The molecule has 82 valence electrons. The molecule has 5 nitrogen and oxygen atoms in total. The number of hydrogen-bond donors (Lipinski definition) is 1. The first-order chi connectivity index (χ1) is 7.22. The first-order valence-electron chi connectivity index (χ1n) is 5.25. The average Bonchev–Trinajstić information content (AvgIpc) is 2.61. The Balaban J connectivity index is 1.90. The maximum absolute atomic E-state index is 11.1. The predicted molar refractivity (Wildman–Crippen MR) is 56.1 cm³/mol. The van der Waals surface area contributed by atoms with Crippen LogP contribution in [-0.2, 0) is 4.79 Å². The first kappa shape index (κ1) is 10.2. The summed E-state index contributed by atoms with van der Waals surface area (Å²) in [6.07, 6.45) is 4.50. The molecule has 1 aromatic rings. The molecule has 2 N–H and O–H groups in total. The van der Waals surface area contributed by atoms with E-state index in [-0.39, 0.29) is 11.9 Å². The van der Waals surface area contributed by atoms with E-state index in [1.165, 1.54) is 0 Å². The number of carbonyl (C=O) groups is 1. The van der Waals surface area contributed by atoms with Crippen LogP contribution in [0.4, 0.5) is 0 Å². The van der Waals surface area contributed by atoms with Gasteiger partial charge in [-0.25, -0.2) is 0 Å². The van der Waals surface area contributed by atoms with Crippen molar-refractivity contribution >= 4 is 5.91 Å². The van der Waals surface area contributed by atoms with Gasteiger partial charge in [0.1, 0.15) is 0 Å². The van der Waals surface area contributed by atoms with Crippen LogP contribution in [0.3, 0.4) is 0 Å². The normalized spacial score (nSPS) is 19.8. The fourth-order valence-corrected chi connectivity index (χ4v) is 2.05. The minimum atomic E-state index is -0.226. The topological polar surface area (TPSA) is 64.2 Å². The lowest BCUT2D eigenvalue weighted by atomic mass is 10.0. The lowest BCUT2D eigenvalue weighted by Crippen LogP contribution is -2.56. The van der Waals surface area contributed by atoms with Crippen LogP contribution in [0.5, 0.6) is 0 Å². The van der Waals surface area contributed by atoms with Crippen molar-refractivity contribution in [3.8, 4) is 0 Å². The average molecular weight is 208 g/mol. The van der Waals surface area contributed by atoms with Crippen LogP contribution < -0.4 is 5.73 Å². The van der Waals surface area contributed by atoms with Gasteiger partial charge in [-0.3, -0.25) is 14.4 Å². The summed E-state index contributed by atoms with van der Waals surface area (Å²) < 4.78 is 1.93. The van der Waals surface area contributed by atoms with E-state index in [2.05, 4.69) is 10.00 Å². The maximum Gasteiger partial charge on any atom is 0.234 e. The summed E-state index contributed by atoms with van der Waals surface area (Å²) in [5.74, 6) is -0.226. The summed E-state index contributed by atoms with van der Waals surface area (Å²) in [4.78, 5) is 13.2. The van der Waals surface area contributed by atoms with E-state index in [0.29, 0.717) is 6.04 Å². The molecular weight excluding hydrogens is 192 g/mol. The molecule has 0 aliphatic carbocycles. The van der Waals surface area contributed by atoms with Crippen LogP contribution >= 0.6 is 0 Å². The standard InChI is InChI=1S/C10H16N4O/c1-2-9(10(11)15)13-6-8(7-13)14-5-3-4-12-14/h3-5,8-9H,2,6-7H2,1H3,(H2,11,15)/t9-/m1/s1. The highest BCUT2D eigenvalue weighted by molar-refractivity contribution is 5.79. The zero-order valence-electron chi connectivity index (χ0n) is 8.84. The molecule has 1 fully saturated rings. The molecular formula is C10H16N4O. The second-order valence-corrected chi connectivity index (χ2v) is 3.92. The molecule has 1 amide bonds. The lowest BCUT2D eigenvalue weighted by Gasteiger charge is -2.42. The largest absolute Gasteiger partial charge is 0.368 e. The van der Waals surface area contributed by atoms with Crippen LogP contribution in [-0.4, -0.2) is 39.7 Å². The molecule has 15 heavy (non-hydrogen) atoms. The number of rotatable bonds is 4. The van der Waals surface area contributed by atoms with Gasteiger partial charge in [0, 0.05) is 25.5 Å². The van der Waals surface area contributed by atoms with Crippen molar-refractivity contribution < 1.29 is 4.79 Å². The molecule has 1 aromatic heterocycles. The van der Waals surface area contributed by atoms with Crippen molar-refractivity contribution in [1.82, 2.24) is 14.7 Å². The van der Waals surface area contributed by atoms with Crippen LogP contribution in [0.15, 0.2) is 18.5 Å². The van der Waals surface area contributed by atoms with Crippen molar-refractivity contribution in [2.45, 2.75) is 25.4 Å². The Kier molecular flexibility index (Phi) is 2.73. The Hall–Kier alpha value is -1.36. The molecule has 0 aromatic carbocycles. The number of amides is 1. The van der Waals surface area contributed by atoms with Crippen LogP contribution in [0.1, 0.15) is 19.4 Å². The summed E-state index contributed by atoms with van der Waals surface area (Å²) >= 11 is 0. The lowest BCUT2D eigenvalue weighted by molar-refractivity contribution is -0.126. The van der Waals surface area contributed by atoms with Crippen molar-refractivity contribution in [3.63, 3.8) is 0 Å². The van der Waals surface area contributed by atoms with Crippen LogP contribution in [0, 0.1) is 0 Å². The van der Waals surface area contributed by atoms with Gasteiger partial charge in [0.05, 0.1) is 12.1 Å². The molecule has 0 unspecified atom stereocenters. The van der Waals surface area contributed by atoms with Gasteiger partial charge in [-0.2, -0.15) is 5.10 Å². The highest BCUT2D eigenvalue weighted by Crippen LogP contribution is 2.23. The van der Waals surface area contributed by atoms with E-state index >= 15 is 0 Å². The van der Waals surface area contributed by atoms with Crippen LogP contribution in [0.25, 0.3) is 0 Å². The number of hydrogen-bond acceptors (Lipinski definition) is 3. The van der Waals surface area contributed by atoms with E-state index in [1.807, 2.05) is 23.9 Å². The van der Waals surface area contributed by atoms with E-state index in [4.69, 9.17) is 5.73 Å². The molecule has 2 heterocycles. The summed E-state index contributed by atoms with van der Waals surface area (Å²) in [7, 11) is 0. The molecule has 0 radical (unpaired) electrons. The number of carbonyl (C=O) groups excluding carboxylic acids is 1.